The summed E-state index contributed by atoms with van der Waals surface area (Å²) in [5.74, 6) is -1.37. The highest BCUT2D eigenvalue weighted by atomic mass is 16.5. The van der Waals surface area contributed by atoms with Gasteiger partial charge in [-0.1, -0.05) is 48.5 Å². The molecule has 2 aliphatic heterocycles. The highest BCUT2D eigenvalue weighted by Gasteiger charge is 2.49. The number of fused-ring (bicyclic) bond motifs is 4. The van der Waals surface area contributed by atoms with E-state index >= 15 is 0 Å². The first-order valence-electron chi connectivity index (χ1n) is 11.7. The lowest BCUT2D eigenvalue weighted by atomic mass is 9.98. The number of likely N-dealkylation sites (tertiary alicyclic amines) is 1. The number of carbonyl (C=O) groups is 3. The molecule has 0 spiro atoms. The van der Waals surface area contributed by atoms with Gasteiger partial charge >= 0.3 is 12.1 Å². The minimum absolute atomic E-state index is 0.00278. The number of nitrogens with one attached hydrogen (secondary N) is 1. The first-order chi connectivity index (χ1) is 16.4. The predicted molar refractivity (Wildman–Crippen MR) is 123 cm³/mol. The van der Waals surface area contributed by atoms with E-state index < -0.39 is 24.1 Å². The molecule has 34 heavy (non-hydrogen) atoms. The Morgan fingerprint density at radius 3 is 2.41 bits per heavy atom. The number of carboxylic acids is 1. The molecule has 2 amide bonds. The van der Waals surface area contributed by atoms with E-state index in [1.165, 1.54) is 4.90 Å². The predicted octanol–water partition coefficient (Wildman–Crippen LogP) is 3.15. The number of rotatable bonds is 6. The van der Waals surface area contributed by atoms with Crippen molar-refractivity contribution in [2.45, 2.75) is 56.3 Å². The molecule has 3 unspecified atom stereocenters. The van der Waals surface area contributed by atoms with Crippen LogP contribution in [0.25, 0.3) is 11.1 Å². The highest BCUT2D eigenvalue weighted by Crippen LogP contribution is 2.44. The van der Waals surface area contributed by atoms with Crippen LogP contribution in [-0.4, -0.2) is 65.4 Å². The smallest absolute Gasteiger partial charge is 0.407 e. The fraction of sp³-hybridized carbons (Fsp3) is 0.423. The van der Waals surface area contributed by atoms with Gasteiger partial charge in [0, 0.05) is 31.4 Å². The molecule has 2 heterocycles. The summed E-state index contributed by atoms with van der Waals surface area (Å²) in [6.07, 6.45) is 0.113. The third-order valence-electron chi connectivity index (χ3n) is 7.09. The summed E-state index contributed by atoms with van der Waals surface area (Å²) >= 11 is 0. The van der Waals surface area contributed by atoms with Gasteiger partial charge in [0.25, 0.3) is 0 Å². The molecule has 0 radical (unpaired) electrons. The topological polar surface area (TPSA) is 105 Å². The van der Waals surface area contributed by atoms with Crippen molar-refractivity contribution in [3.8, 4) is 11.1 Å². The number of benzene rings is 2. The molecule has 8 heteroatoms. The van der Waals surface area contributed by atoms with Crippen molar-refractivity contribution in [2.75, 3.05) is 13.2 Å². The molecule has 8 nitrogen and oxygen atoms in total. The van der Waals surface area contributed by atoms with Gasteiger partial charge in [-0.05, 0) is 35.6 Å². The Hall–Kier alpha value is -3.39. The van der Waals surface area contributed by atoms with Gasteiger partial charge in [-0.3, -0.25) is 4.79 Å². The van der Waals surface area contributed by atoms with Crippen molar-refractivity contribution in [1.29, 1.82) is 0 Å². The number of hydrogen-bond acceptors (Lipinski definition) is 5. The van der Waals surface area contributed by atoms with Crippen molar-refractivity contribution in [1.82, 2.24) is 10.2 Å². The zero-order valence-electron chi connectivity index (χ0n) is 19.0. The third-order valence-corrected chi connectivity index (χ3v) is 7.09. The summed E-state index contributed by atoms with van der Waals surface area (Å²) in [7, 11) is 0. The molecule has 5 rings (SSSR count). The summed E-state index contributed by atoms with van der Waals surface area (Å²) in [4.78, 5) is 38.6. The SMILES string of the molecule is C[C@H](CC(=O)N1C(C(=O)O)CC2OCCC21)NC(=O)OCC1c2ccccc2-c2ccccc21. The largest absolute Gasteiger partial charge is 0.480 e. The maximum Gasteiger partial charge on any atom is 0.407 e. The van der Waals surface area contributed by atoms with E-state index in [4.69, 9.17) is 9.47 Å². The zero-order valence-corrected chi connectivity index (χ0v) is 19.0. The second kappa shape index (κ2) is 9.10. The van der Waals surface area contributed by atoms with Gasteiger partial charge in [0.15, 0.2) is 0 Å². The average molecular weight is 465 g/mol. The van der Waals surface area contributed by atoms with Crippen molar-refractivity contribution in [3.63, 3.8) is 0 Å². The van der Waals surface area contributed by atoms with E-state index in [1.807, 2.05) is 24.3 Å². The summed E-state index contributed by atoms with van der Waals surface area (Å²) < 4.78 is 11.1. The lowest BCUT2D eigenvalue weighted by Gasteiger charge is -2.28. The number of carbonyl (C=O) groups excluding carboxylic acids is 2. The Balaban J connectivity index is 1.18. The van der Waals surface area contributed by atoms with Crippen LogP contribution in [0.4, 0.5) is 4.79 Å². The van der Waals surface area contributed by atoms with Gasteiger partial charge in [0.1, 0.15) is 12.6 Å². The molecule has 2 aromatic rings. The standard InChI is InChI=1S/C26H28N2O6/c1-15(12-24(29)28-21-10-11-33-23(21)13-22(28)25(30)31)27-26(32)34-14-20-18-8-4-2-6-16(18)17-7-3-5-9-19(17)20/h2-9,15,20-23H,10-14H2,1H3,(H,27,32)(H,30,31)/t15-,21?,22?,23?/m1/s1. The van der Waals surface area contributed by atoms with Crippen LogP contribution >= 0.6 is 0 Å². The van der Waals surface area contributed by atoms with Crippen molar-refractivity contribution < 1.29 is 29.0 Å². The molecule has 4 atom stereocenters. The average Bonchev–Trinajstić information content (AvgIpc) is 3.49. The van der Waals surface area contributed by atoms with E-state index in [-0.39, 0.29) is 37.0 Å². The van der Waals surface area contributed by atoms with Crippen LogP contribution in [0.3, 0.4) is 0 Å². The second-order valence-corrected chi connectivity index (χ2v) is 9.23. The number of aliphatic carboxylic acids is 1. The van der Waals surface area contributed by atoms with Crippen LogP contribution in [0.1, 0.15) is 43.2 Å². The fourth-order valence-corrected chi connectivity index (χ4v) is 5.58. The summed E-state index contributed by atoms with van der Waals surface area (Å²) in [5.41, 5.74) is 4.56. The fourth-order valence-electron chi connectivity index (χ4n) is 5.58. The number of carboxylic acid groups (broad SMARTS) is 1. The van der Waals surface area contributed by atoms with Gasteiger partial charge < -0.3 is 24.8 Å². The Morgan fingerprint density at radius 1 is 1.12 bits per heavy atom. The molecule has 178 valence electrons. The van der Waals surface area contributed by atoms with Crippen LogP contribution in [0.15, 0.2) is 48.5 Å². The molecule has 1 aliphatic carbocycles. The van der Waals surface area contributed by atoms with Crippen LogP contribution < -0.4 is 5.32 Å². The van der Waals surface area contributed by atoms with E-state index in [1.54, 1.807) is 6.92 Å². The first-order valence-corrected chi connectivity index (χ1v) is 11.7. The molecule has 2 saturated heterocycles. The Morgan fingerprint density at radius 2 is 1.76 bits per heavy atom. The minimum atomic E-state index is -1.02. The Kier molecular flexibility index (Phi) is 6.00. The summed E-state index contributed by atoms with van der Waals surface area (Å²) in [6.45, 7) is 2.43. The lowest BCUT2D eigenvalue weighted by Crippen LogP contribution is -2.47. The quantitative estimate of drug-likeness (QED) is 0.681. The number of hydrogen-bond donors (Lipinski definition) is 2. The first kappa shape index (κ1) is 22.4. The van der Waals surface area contributed by atoms with Gasteiger partial charge in [0.2, 0.25) is 5.91 Å². The van der Waals surface area contributed by atoms with E-state index in [9.17, 15) is 19.5 Å². The van der Waals surface area contributed by atoms with Crippen LogP contribution in [0, 0.1) is 0 Å². The monoisotopic (exact) mass is 464 g/mol. The molecule has 0 bridgehead atoms. The highest BCUT2D eigenvalue weighted by molar-refractivity contribution is 5.85. The maximum atomic E-state index is 13.0. The second-order valence-electron chi connectivity index (χ2n) is 9.23. The number of nitrogens with zero attached hydrogens (tertiary/aromatic N) is 1. The normalized spacial score (nSPS) is 23.7. The van der Waals surface area contributed by atoms with Crippen LogP contribution in [-0.2, 0) is 19.1 Å². The van der Waals surface area contributed by atoms with Crippen LogP contribution in [0.5, 0.6) is 0 Å². The molecular weight excluding hydrogens is 436 g/mol. The maximum absolute atomic E-state index is 13.0. The number of ether oxygens (including phenoxy) is 2. The molecule has 2 N–H and O–H groups in total. The van der Waals surface area contributed by atoms with Crippen molar-refractivity contribution in [3.05, 3.63) is 59.7 Å². The lowest BCUT2D eigenvalue weighted by molar-refractivity contribution is -0.149. The zero-order chi connectivity index (χ0) is 23.8. The minimum Gasteiger partial charge on any atom is -0.480 e. The van der Waals surface area contributed by atoms with Crippen molar-refractivity contribution in [2.24, 2.45) is 0 Å². The number of alkyl carbamates (subject to hydrolysis) is 1. The van der Waals surface area contributed by atoms with Crippen molar-refractivity contribution >= 4 is 18.0 Å². The Labute approximate surface area is 197 Å². The molecule has 0 aromatic heterocycles. The van der Waals surface area contributed by atoms with E-state index in [2.05, 4.69) is 29.6 Å². The van der Waals surface area contributed by atoms with Gasteiger partial charge in [-0.15, -0.1) is 0 Å². The van der Waals surface area contributed by atoms with E-state index in [0.29, 0.717) is 19.4 Å². The molecular formula is C26H28N2O6. The summed E-state index contributed by atoms with van der Waals surface area (Å²) in [5, 5.41) is 12.3. The Bertz CT molecular complexity index is 1070. The van der Waals surface area contributed by atoms with Gasteiger partial charge in [-0.25, -0.2) is 9.59 Å². The number of amides is 2. The van der Waals surface area contributed by atoms with Crippen LogP contribution in [0.2, 0.25) is 0 Å². The molecule has 3 aliphatic rings. The molecule has 2 fully saturated rings. The third kappa shape index (κ3) is 4.03. The molecule has 2 aromatic carbocycles. The molecule has 0 saturated carbocycles. The van der Waals surface area contributed by atoms with Gasteiger partial charge in [0.05, 0.1) is 12.1 Å². The van der Waals surface area contributed by atoms with E-state index in [0.717, 1.165) is 22.3 Å². The van der Waals surface area contributed by atoms with Gasteiger partial charge in [-0.2, -0.15) is 0 Å². The summed E-state index contributed by atoms with van der Waals surface area (Å²) in [6, 6.07) is 14.6.